The van der Waals surface area contributed by atoms with E-state index in [9.17, 15) is 10.1 Å². The number of nitrogens with zero attached hydrogens (tertiary/aromatic N) is 6. The predicted molar refractivity (Wildman–Crippen MR) is 71.1 cm³/mol. The van der Waals surface area contributed by atoms with Crippen LogP contribution in [-0.4, -0.2) is 29.5 Å². The van der Waals surface area contributed by atoms with Gasteiger partial charge in [-0.05, 0) is 19.8 Å². The van der Waals surface area contributed by atoms with Crippen LogP contribution in [0.15, 0.2) is 6.20 Å². The molecule has 0 spiro atoms. The Labute approximate surface area is 115 Å². The van der Waals surface area contributed by atoms with Gasteiger partial charge in [0, 0.05) is 19.5 Å². The molecular formula is C12H16N6O2. The van der Waals surface area contributed by atoms with Crippen molar-refractivity contribution in [2.75, 3.05) is 0 Å². The standard InChI is InChI=1S/C12H16N6O2/c1-2-16-8-9(18(19)20)11(15-16)12-14-13-10-6-4-3-5-7-17(10)12/h8H,2-7H2,1H3. The van der Waals surface area contributed by atoms with E-state index >= 15 is 0 Å². The highest BCUT2D eigenvalue weighted by molar-refractivity contribution is 5.62. The molecule has 8 heteroatoms. The Kier molecular flexibility index (Phi) is 3.21. The molecule has 2 aromatic rings. The van der Waals surface area contributed by atoms with E-state index in [0.29, 0.717) is 18.1 Å². The van der Waals surface area contributed by atoms with Crippen LogP contribution in [0.1, 0.15) is 32.0 Å². The lowest BCUT2D eigenvalue weighted by Gasteiger charge is -2.04. The average Bonchev–Trinajstić information content (AvgIpc) is 2.96. The van der Waals surface area contributed by atoms with Crippen LogP contribution in [0.4, 0.5) is 5.69 Å². The third kappa shape index (κ3) is 2.06. The first kappa shape index (κ1) is 12.8. The normalized spacial score (nSPS) is 14.8. The number of hydrogen-bond donors (Lipinski definition) is 0. The van der Waals surface area contributed by atoms with Crippen molar-refractivity contribution in [3.63, 3.8) is 0 Å². The van der Waals surface area contributed by atoms with E-state index in [1.54, 1.807) is 4.68 Å². The van der Waals surface area contributed by atoms with Crippen LogP contribution in [0.3, 0.4) is 0 Å². The summed E-state index contributed by atoms with van der Waals surface area (Å²) < 4.78 is 3.54. The lowest BCUT2D eigenvalue weighted by molar-refractivity contribution is -0.384. The van der Waals surface area contributed by atoms with Crippen LogP contribution >= 0.6 is 0 Å². The third-order valence-electron chi connectivity index (χ3n) is 3.58. The zero-order valence-corrected chi connectivity index (χ0v) is 11.3. The number of aromatic nitrogens is 5. The summed E-state index contributed by atoms with van der Waals surface area (Å²) in [7, 11) is 0. The Morgan fingerprint density at radius 2 is 2.20 bits per heavy atom. The minimum atomic E-state index is -0.410. The van der Waals surface area contributed by atoms with Gasteiger partial charge in [-0.1, -0.05) is 6.42 Å². The molecule has 3 heterocycles. The smallest absolute Gasteiger partial charge is 0.309 e. The molecule has 106 valence electrons. The molecule has 8 nitrogen and oxygen atoms in total. The lowest BCUT2D eigenvalue weighted by atomic mass is 10.2. The molecular weight excluding hydrogens is 260 g/mol. The molecule has 0 aromatic carbocycles. The Bertz CT molecular complexity index is 644. The van der Waals surface area contributed by atoms with Crippen molar-refractivity contribution < 1.29 is 4.92 Å². The fourth-order valence-corrected chi connectivity index (χ4v) is 2.53. The number of rotatable bonds is 3. The van der Waals surface area contributed by atoms with Gasteiger partial charge in [-0.15, -0.1) is 10.2 Å². The maximum absolute atomic E-state index is 11.2. The van der Waals surface area contributed by atoms with Gasteiger partial charge in [-0.3, -0.25) is 14.8 Å². The van der Waals surface area contributed by atoms with Gasteiger partial charge in [0.05, 0.1) is 4.92 Å². The minimum Gasteiger partial charge on any atom is -0.309 e. The van der Waals surface area contributed by atoms with E-state index in [0.717, 1.165) is 38.1 Å². The van der Waals surface area contributed by atoms with Crippen LogP contribution in [0.25, 0.3) is 11.5 Å². The van der Waals surface area contributed by atoms with Crippen molar-refractivity contribution in [3.8, 4) is 11.5 Å². The van der Waals surface area contributed by atoms with Crippen molar-refractivity contribution in [2.45, 2.75) is 45.7 Å². The summed E-state index contributed by atoms with van der Waals surface area (Å²) in [6, 6.07) is 0. The van der Waals surface area contributed by atoms with Crippen LogP contribution < -0.4 is 0 Å². The minimum absolute atomic E-state index is 0.00806. The molecule has 0 amide bonds. The Morgan fingerprint density at radius 1 is 1.35 bits per heavy atom. The van der Waals surface area contributed by atoms with Crippen molar-refractivity contribution in [1.82, 2.24) is 24.5 Å². The number of hydrogen-bond acceptors (Lipinski definition) is 5. The summed E-state index contributed by atoms with van der Waals surface area (Å²) in [5, 5.41) is 23.8. The van der Waals surface area contributed by atoms with Crippen LogP contribution in [0.2, 0.25) is 0 Å². The fraction of sp³-hybridized carbons (Fsp3) is 0.583. The molecule has 1 aliphatic heterocycles. The van der Waals surface area contributed by atoms with Gasteiger partial charge in [0.1, 0.15) is 12.0 Å². The topological polar surface area (TPSA) is 91.7 Å². The van der Waals surface area contributed by atoms with Gasteiger partial charge in [-0.2, -0.15) is 5.10 Å². The second-order valence-electron chi connectivity index (χ2n) is 4.88. The first-order valence-corrected chi connectivity index (χ1v) is 6.85. The van der Waals surface area contributed by atoms with E-state index < -0.39 is 4.92 Å². The van der Waals surface area contributed by atoms with Crippen molar-refractivity contribution in [3.05, 3.63) is 22.1 Å². The maximum Gasteiger partial charge on any atom is 0.318 e. The van der Waals surface area contributed by atoms with Gasteiger partial charge in [0.2, 0.25) is 5.69 Å². The summed E-state index contributed by atoms with van der Waals surface area (Å²) in [6.45, 7) is 3.28. The van der Waals surface area contributed by atoms with Gasteiger partial charge in [0.15, 0.2) is 5.82 Å². The number of nitro groups is 1. The molecule has 0 N–H and O–H groups in total. The monoisotopic (exact) mass is 276 g/mol. The largest absolute Gasteiger partial charge is 0.318 e. The summed E-state index contributed by atoms with van der Waals surface area (Å²) in [4.78, 5) is 10.8. The van der Waals surface area contributed by atoms with E-state index in [2.05, 4.69) is 15.3 Å². The van der Waals surface area contributed by atoms with E-state index in [1.807, 2.05) is 11.5 Å². The first-order chi connectivity index (χ1) is 9.70. The zero-order valence-electron chi connectivity index (χ0n) is 11.3. The molecule has 0 saturated heterocycles. The van der Waals surface area contributed by atoms with Crippen molar-refractivity contribution in [2.24, 2.45) is 0 Å². The molecule has 3 rings (SSSR count). The van der Waals surface area contributed by atoms with Crippen molar-refractivity contribution in [1.29, 1.82) is 0 Å². The highest BCUT2D eigenvalue weighted by Crippen LogP contribution is 2.29. The Balaban J connectivity index is 2.11. The zero-order chi connectivity index (χ0) is 14.1. The number of aryl methyl sites for hydroxylation is 2. The average molecular weight is 276 g/mol. The highest BCUT2D eigenvalue weighted by Gasteiger charge is 2.27. The lowest BCUT2D eigenvalue weighted by Crippen LogP contribution is -2.04. The molecule has 0 saturated carbocycles. The second-order valence-corrected chi connectivity index (χ2v) is 4.88. The SMILES string of the molecule is CCn1cc([N+](=O)[O-])c(-c2nnc3n2CCCCC3)n1. The molecule has 0 radical (unpaired) electrons. The predicted octanol–water partition coefficient (Wildman–Crippen LogP) is 1.80. The molecule has 0 fully saturated rings. The van der Waals surface area contributed by atoms with Crippen molar-refractivity contribution >= 4 is 5.69 Å². The summed E-state index contributed by atoms with van der Waals surface area (Å²) in [5.41, 5.74) is 0.309. The Hall–Kier alpha value is -2.25. The van der Waals surface area contributed by atoms with Gasteiger partial charge in [0.25, 0.3) is 0 Å². The highest BCUT2D eigenvalue weighted by atomic mass is 16.6. The summed E-state index contributed by atoms with van der Waals surface area (Å²) >= 11 is 0. The second kappa shape index (κ2) is 5.03. The molecule has 20 heavy (non-hydrogen) atoms. The molecule has 1 aliphatic rings. The fourth-order valence-electron chi connectivity index (χ4n) is 2.53. The van der Waals surface area contributed by atoms with E-state index in [1.165, 1.54) is 6.20 Å². The molecule has 2 aromatic heterocycles. The van der Waals surface area contributed by atoms with Gasteiger partial charge < -0.3 is 4.57 Å². The molecule has 0 bridgehead atoms. The first-order valence-electron chi connectivity index (χ1n) is 6.85. The van der Waals surface area contributed by atoms with Gasteiger partial charge >= 0.3 is 5.69 Å². The molecule has 0 aliphatic carbocycles. The third-order valence-corrected chi connectivity index (χ3v) is 3.58. The van der Waals surface area contributed by atoms with E-state index in [-0.39, 0.29) is 5.69 Å². The summed E-state index contributed by atoms with van der Waals surface area (Å²) in [5.74, 6) is 1.42. The summed E-state index contributed by atoms with van der Waals surface area (Å²) in [6.07, 6.45) is 5.60. The maximum atomic E-state index is 11.2. The Morgan fingerprint density at radius 3 is 2.95 bits per heavy atom. The van der Waals surface area contributed by atoms with Crippen LogP contribution in [0, 0.1) is 10.1 Å². The van der Waals surface area contributed by atoms with Gasteiger partial charge in [-0.25, -0.2) is 0 Å². The molecule has 0 atom stereocenters. The van der Waals surface area contributed by atoms with Crippen LogP contribution in [0.5, 0.6) is 0 Å². The van der Waals surface area contributed by atoms with Crippen LogP contribution in [-0.2, 0) is 19.5 Å². The quantitative estimate of drug-likeness (QED) is 0.629. The number of fused-ring (bicyclic) bond motifs is 1. The molecule has 0 unspecified atom stereocenters. The van der Waals surface area contributed by atoms with E-state index in [4.69, 9.17) is 0 Å².